The molecule has 106 valence electrons. The minimum absolute atomic E-state index is 0.140. The summed E-state index contributed by atoms with van der Waals surface area (Å²) in [4.78, 5) is 15.7. The summed E-state index contributed by atoms with van der Waals surface area (Å²) in [5.74, 6) is 0.140. The summed E-state index contributed by atoms with van der Waals surface area (Å²) in [5, 5.41) is 0. The molecule has 1 N–H and O–H groups in total. The number of nitrogens with zero attached hydrogens (tertiary/aromatic N) is 1. The van der Waals surface area contributed by atoms with E-state index in [-0.39, 0.29) is 5.91 Å². The summed E-state index contributed by atoms with van der Waals surface area (Å²) in [5.41, 5.74) is 2.06. The van der Waals surface area contributed by atoms with Crippen LogP contribution < -0.4 is 4.90 Å². The third-order valence-electron chi connectivity index (χ3n) is 3.68. The summed E-state index contributed by atoms with van der Waals surface area (Å²) < 4.78 is 0. The van der Waals surface area contributed by atoms with Crippen LogP contribution in [0.4, 0.5) is 0 Å². The molecule has 0 aromatic heterocycles. The maximum atomic E-state index is 12.3. The fourth-order valence-corrected chi connectivity index (χ4v) is 2.30. The molecule has 1 aromatic carbocycles. The van der Waals surface area contributed by atoms with Gasteiger partial charge < -0.3 is 9.80 Å². The number of carbonyl (C=O) groups excluding carboxylic acids is 1. The predicted octanol–water partition coefficient (Wildman–Crippen LogP) is 1.59. The van der Waals surface area contributed by atoms with Crippen molar-refractivity contribution in [3.63, 3.8) is 0 Å². The summed E-state index contributed by atoms with van der Waals surface area (Å²) in [6, 6.07) is 8.08. The Morgan fingerprint density at radius 2 is 1.74 bits per heavy atom. The monoisotopic (exact) mass is 263 g/mol. The summed E-state index contributed by atoms with van der Waals surface area (Å²) in [6.45, 7) is 13.2. The van der Waals surface area contributed by atoms with Crippen LogP contribution >= 0.6 is 0 Å². The highest BCUT2D eigenvalue weighted by molar-refractivity contribution is 5.94. The maximum Gasteiger partial charge on any atom is 0.253 e. The van der Waals surface area contributed by atoms with Crippen molar-refractivity contribution in [2.75, 3.05) is 26.2 Å². The first-order valence-electron chi connectivity index (χ1n) is 7.37. The maximum absolute atomic E-state index is 12.3. The molecule has 1 aromatic rings. The number of rotatable bonds is 7. The van der Waals surface area contributed by atoms with Crippen LogP contribution in [0.5, 0.6) is 0 Å². The predicted molar refractivity (Wildman–Crippen MR) is 79.4 cm³/mol. The summed E-state index contributed by atoms with van der Waals surface area (Å²) in [7, 11) is 0. The highest BCUT2D eigenvalue weighted by atomic mass is 16.2. The summed E-state index contributed by atoms with van der Waals surface area (Å²) in [6.07, 6.45) is 0. The van der Waals surface area contributed by atoms with Gasteiger partial charge in [-0.05, 0) is 39.8 Å². The van der Waals surface area contributed by atoms with Crippen LogP contribution in [0, 0.1) is 0 Å². The van der Waals surface area contributed by atoms with Crippen molar-refractivity contribution in [1.82, 2.24) is 4.90 Å². The van der Waals surface area contributed by atoms with Gasteiger partial charge in [0.1, 0.15) is 6.54 Å². The zero-order valence-corrected chi connectivity index (χ0v) is 12.7. The molecule has 1 amide bonds. The van der Waals surface area contributed by atoms with Gasteiger partial charge >= 0.3 is 0 Å². The van der Waals surface area contributed by atoms with Gasteiger partial charge in [0.25, 0.3) is 5.91 Å². The van der Waals surface area contributed by atoms with E-state index in [0.29, 0.717) is 0 Å². The van der Waals surface area contributed by atoms with Gasteiger partial charge in [0.05, 0.1) is 13.1 Å². The lowest BCUT2D eigenvalue weighted by atomic mass is 10.1. The van der Waals surface area contributed by atoms with E-state index < -0.39 is 0 Å². The molecule has 0 unspecified atom stereocenters. The number of carbonyl (C=O) groups is 1. The van der Waals surface area contributed by atoms with E-state index >= 15 is 0 Å². The van der Waals surface area contributed by atoms with E-state index in [1.165, 1.54) is 10.5 Å². The number of hydrogen-bond acceptors (Lipinski definition) is 1. The first-order chi connectivity index (χ1) is 9.15. The third kappa shape index (κ3) is 4.35. The van der Waals surface area contributed by atoms with E-state index in [1.54, 1.807) is 0 Å². The molecule has 0 heterocycles. The quantitative estimate of drug-likeness (QED) is 0.794. The topological polar surface area (TPSA) is 24.8 Å². The number of benzene rings is 1. The molecule has 0 saturated carbocycles. The molecule has 3 nitrogen and oxygen atoms in total. The molecule has 19 heavy (non-hydrogen) atoms. The van der Waals surface area contributed by atoms with Crippen molar-refractivity contribution in [1.29, 1.82) is 0 Å². The second-order valence-corrected chi connectivity index (χ2v) is 4.81. The van der Waals surface area contributed by atoms with Crippen molar-refractivity contribution in [3.05, 3.63) is 35.4 Å². The average Bonchev–Trinajstić information content (AvgIpc) is 2.46. The minimum Gasteiger partial charge on any atom is -0.339 e. The lowest BCUT2D eigenvalue weighted by molar-refractivity contribution is -0.910. The van der Waals surface area contributed by atoms with Crippen molar-refractivity contribution in [3.8, 4) is 0 Å². The van der Waals surface area contributed by atoms with Gasteiger partial charge in [0, 0.05) is 24.2 Å². The van der Waals surface area contributed by atoms with E-state index in [1.807, 2.05) is 36.9 Å². The molecule has 1 rings (SSSR count). The molecule has 0 spiro atoms. The Bertz CT molecular complexity index is 395. The van der Waals surface area contributed by atoms with Crippen LogP contribution in [0.25, 0.3) is 0 Å². The molecule has 3 heteroatoms. The molecule has 0 bridgehead atoms. The molecular formula is C16H27N2O+. The second kappa shape index (κ2) is 7.95. The first-order valence-corrected chi connectivity index (χ1v) is 7.37. The van der Waals surface area contributed by atoms with Gasteiger partial charge in [-0.2, -0.15) is 0 Å². The normalized spacial score (nSPS) is 10.8. The molecule has 0 atom stereocenters. The van der Waals surface area contributed by atoms with Crippen LogP contribution in [0.3, 0.4) is 0 Å². The Morgan fingerprint density at radius 1 is 1.11 bits per heavy atom. The van der Waals surface area contributed by atoms with Crippen LogP contribution in [0.2, 0.25) is 0 Å². The molecule has 0 radical (unpaired) electrons. The van der Waals surface area contributed by atoms with Crippen molar-refractivity contribution in [2.24, 2.45) is 0 Å². The lowest BCUT2D eigenvalue weighted by Gasteiger charge is -2.19. The smallest absolute Gasteiger partial charge is 0.253 e. The van der Waals surface area contributed by atoms with E-state index in [2.05, 4.69) is 19.9 Å². The fourth-order valence-electron chi connectivity index (χ4n) is 2.30. The summed E-state index contributed by atoms with van der Waals surface area (Å²) >= 11 is 0. The molecule has 0 aliphatic heterocycles. The van der Waals surface area contributed by atoms with E-state index in [4.69, 9.17) is 0 Å². The minimum atomic E-state index is 0.140. The van der Waals surface area contributed by atoms with Crippen molar-refractivity contribution in [2.45, 2.75) is 34.2 Å². The van der Waals surface area contributed by atoms with E-state index in [9.17, 15) is 4.79 Å². The first kappa shape index (κ1) is 15.7. The number of quaternary nitrogens is 1. The Hall–Kier alpha value is -1.35. The Balaban J connectivity index is 2.84. The largest absolute Gasteiger partial charge is 0.339 e. The van der Waals surface area contributed by atoms with Gasteiger partial charge in [-0.15, -0.1) is 0 Å². The van der Waals surface area contributed by atoms with Gasteiger partial charge in [-0.3, -0.25) is 4.79 Å². The Morgan fingerprint density at radius 3 is 2.26 bits per heavy atom. The highest BCUT2D eigenvalue weighted by Crippen LogP contribution is 2.08. The van der Waals surface area contributed by atoms with Crippen molar-refractivity contribution >= 4 is 5.91 Å². The van der Waals surface area contributed by atoms with Crippen LogP contribution in [0.1, 0.15) is 43.6 Å². The van der Waals surface area contributed by atoms with Gasteiger partial charge in [-0.1, -0.05) is 12.1 Å². The average molecular weight is 263 g/mol. The van der Waals surface area contributed by atoms with Crippen LogP contribution in [-0.2, 0) is 6.54 Å². The Labute approximate surface area is 117 Å². The van der Waals surface area contributed by atoms with Gasteiger partial charge in [0.15, 0.2) is 0 Å². The fraction of sp³-hybridized carbons (Fsp3) is 0.562. The van der Waals surface area contributed by atoms with Crippen LogP contribution in [-0.4, -0.2) is 37.0 Å². The molecule has 0 saturated heterocycles. The standard InChI is InChI=1S/C16H26N2O/c1-5-17(6-2)13-14-10-9-11-15(12-14)16(19)18(7-3)8-4/h9-12H,5-8,13H2,1-4H3/p+1. The highest BCUT2D eigenvalue weighted by Gasteiger charge is 2.13. The third-order valence-corrected chi connectivity index (χ3v) is 3.68. The molecule has 0 aliphatic rings. The SMILES string of the molecule is CCN(CC)C(=O)c1cccc(C[NH+](CC)CC)c1. The van der Waals surface area contributed by atoms with Gasteiger partial charge in [0.2, 0.25) is 0 Å². The number of nitrogens with one attached hydrogen (secondary N) is 1. The lowest BCUT2D eigenvalue weighted by Crippen LogP contribution is -3.10. The molecule has 0 fully saturated rings. The molecule has 0 aliphatic carbocycles. The van der Waals surface area contributed by atoms with Crippen LogP contribution in [0.15, 0.2) is 24.3 Å². The van der Waals surface area contributed by atoms with E-state index in [0.717, 1.165) is 38.3 Å². The number of amides is 1. The second-order valence-electron chi connectivity index (χ2n) is 4.81. The van der Waals surface area contributed by atoms with Crippen molar-refractivity contribution < 1.29 is 9.69 Å². The zero-order chi connectivity index (χ0) is 14.3. The van der Waals surface area contributed by atoms with Gasteiger partial charge in [-0.25, -0.2) is 0 Å². The molecular weight excluding hydrogens is 236 g/mol. The Kier molecular flexibility index (Phi) is 6.57. The number of hydrogen-bond donors (Lipinski definition) is 1. The zero-order valence-electron chi connectivity index (χ0n) is 12.7.